The Morgan fingerprint density at radius 3 is 2.13 bits per heavy atom. The topological polar surface area (TPSA) is 94.5 Å². The maximum absolute atomic E-state index is 13.4. The normalized spacial score (nSPS) is 16.4. The predicted molar refractivity (Wildman–Crippen MR) is 143 cm³/mol. The molecule has 1 fully saturated rings. The van der Waals surface area contributed by atoms with Crippen molar-refractivity contribution in [3.05, 3.63) is 87.7 Å². The first kappa shape index (κ1) is 27.8. The number of aliphatic hydroxyl groups is 1. The average molecular weight is 556 g/mol. The molecule has 0 saturated carbocycles. The lowest BCUT2D eigenvalue weighted by atomic mass is 9.94. The molecule has 1 heterocycles. The number of ketones is 1. The average Bonchev–Trinajstić information content (AvgIpc) is 3.20. The molecule has 204 valence electrons. The summed E-state index contributed by atoms with van der Waals surface area (Å²) in [7, 11) is 5.79. The van der Waals surface area contributed by atoms with Gasteiger partial charge in [0, 0.05) is 12.6 Å². The molecule has 1 atom stereocenters. The summed E-state index contributed by atoms with van der Waals surface area (Å²) in [4.78, 5) is 28.2. The molecule has 1 unspecified atom stereocenters. The van der Waals surface area contributed by atoms with Gasteiger partial charge in [-0.15, -0.1) is 0 Å². The number of carbonyl (C=O) groups is 2. The van der Waals surface area contributed by atoms with Crippen LogP contribution in [-0.2, 0) is 16.0 Å². The van der Waals surface area contributed by atoms with Gasteiger partial charge in [-0.2, -0.15) is 0 Å². The molecule has 0 aliphatic carbocycles. The van der Waals surface area contributed by atoms with Gasteiger partial charge in [-0.3, -0.25) is 9.59 Å². The van der Waals surface area contributed by atoms with Gasteiger partial charge in [0.2, 0.25) is 0 Å². The molecule has 1 N–H and O–H groups in total. The number of methoxy groups -OCH3 is 4. The van der Waals surface area contributed by atoms with E-state index in [-0.39, 0.29) is 34.3 Å². The Bertz CT molecular complexity index is 1440. The van der Waals surface area contributed by atoms with Crippen molar-refractivity contribution in [1.29, 1.82) is 0 Å². The van der Waals surface area contributed by atoms with E-state index in [1.165, 1.54) is 57.6 Å². The van der Waals surface area contributed by atoms with Crippen molar-refractivity contribution in [2.75, 3.05) is 35.0 Å². The zero-order valence-electron chi connectivity index (χ0n) is 21.8. The number of rotatable bonds is 9. The summed E-state index contributed by atoms with van der Waals surface area (Å²) >= 11 is 6.32. The van der Waals surface area contributed by atoms with E-state index in [1.54, 1.807) is 30.3 Å². The van der Waals surface area contributed by atoms with Crippen LogP contribution in [0.15, 0.2) is 60.2 Å². The van der Waals surface area contributed by atoms with E-state index < -0.39 is 23.5 Å². The number of Topliss-reactive ketones (excluding diaryl/α,β-unsaturated/α-hetero) is 1. The molecule has 39 heavy (non-hydrogen) atoms. The first-order valence-electron chi connectivity index (χ1n) is 11.9. The second-order valence-corrected chi connectivity index (χ2v) is 9.08. The van der Waals surface area contributed by atoms with Crippen molar-refractivity contribution < 1.29 is 38.0 Å². The van der Waals surface area contributed by atoms with Crippen LogP contribution in [0.2, 0.25) is 5.02 Å². The molecule has 3 aromatic rings. The van der Waals surface area contributed by atoms with Gasteiger partial charge in [0.1, 0.15) is 23.1 Å². The van der Waals surface area contributed by atoms with E-state index in [0.717, 1.165) is 5.56 Å². The van der Waals surface area contributed by atoms with Crippen molar-refractivity contribution in [2.24, 2.45) is 0 Å². The van der Waals surface area contributed by atoms with Crippen LogP contribution < -0.4 is 18.9 Å². The minimum Gasteiger partial charge on any atom is -0.507 e. The van der Waals surface area contributed by atoms with Gasteiger partial charge in [0.25, 0.3) is 11.7 Å². The summed E-state index contributed by atoms with van der Waals surface area (Å²) in [5.41, 5.74) is 1.25. The number of likely N-dealkylation sites (tertiary alicyclic amines) is 1. The number of halogens is 2. The summed E-state index contributed by atoms with van der Waals surface area (Å²) in [5, 5.41) is 11.7. The number of hydrogen-bond acceptors (Lipinski definition) is 7. The van der Waals surface area contributed by atoms with Crippen molar-refractivity contribution in [3.63, 3.8) is 0 Å². The molecule has 3 aromatic carbocycles. The van der Waals surface area contributed by atoms with Crippen molar-refractivity contribution in [1.82, 2.24) is 4.90 Å². The van der Waals surface area contributed by atoms with E-state index >= 15 is 0 Å². The fraction of sp³-hybridized carbons (Fsp3) is 0.241. The smallest absolute Gasteiger partial charge is 0.295 e. The molecule has 1 aliphatic heterocycles. The highest BCUT2D eigenvalue weighted by atomic mass is 35.5. The maximum Gasteiger partial charge on any atom is 0.295 e. The zero-order chi connectivity index (χ0) is 28.3. The van der Waals surface area contributed by atoms with E-state index in [0.29, 0.717) is 29.2 Å². The summed E-state index contributed by atoms with van der Waals surface area (Å²) in [5.74, 6) is -1.18. The summed E-state index contributed by atoms with van der Waals surface area (Å²) in [6, 6.07) is 12.8. The first-order chi connectivity index (χ1) is 18.7. The highest BCUT2D eigenvalue weighted by molar-refractivity contribution is 6.46. The SMILES string of the molecule is COc1cc(OC)c(/C(O)=C2\C(=O)C(=O)N(CCc3ccc(F)cc3)C2c2ccc(OC)c(OC)c2)cc1Cl. The number of amides is 1. The monoisotopic (exact) mass is 555 g/mol. The molecular formula is C29H27ClFNO7. The van der Waals surface area contributed by atoms with Crippen molar-refractivity contribution in [2.45, 2.75) is 12.5 Å². The van der Waals surface area contributed by atoms with Crippen LogP contribution in [0.25, 0.3) is 5.76 Å². The number of aliphatic hydroxyl groups excluding tert-OH is 1. The van der Waals surface area contributed by atoms with Crippen LogP contribution in [0, 0.1) is 5.82 Å². The van der Waals surface area contributed by atoms with Crippen molar-refractivity contribution in [3.8, 4) is 23.0 Å². The number of benzene rings is 3. The molecule has 1 amide bonds. The van der Waals surface area contributed by atoms with Crippen LogP contribution in [0.3, 0.4) is 0 Å². The van der Waals surface area contributed by atoms with Gasteiger partial charge >= 0.3 is 0 Å². The van der Waals surface area contributed by atoms with E-state index in [4.69, 9.17) is 30.5 Å². The zero-order valence-corrected chi connectivity index (χ0v) is 22.5. The Morgan fingerprint density at radius 2 is 1.51 bits per heavy atom. The Kier molecular flexibility index (Phi) is 8.30. The van der Waals surface area contributed by atoms with Crippen molar-refractivity contribution >= 4 is 29.1 Å². The molecule has 0 spiro atoms. The van der Waals surface area contributed by atoms with E-state index in [9.17, 15) is 19.1 Å². The van der Waals surface area contributed by atoms with Crippen LogP contribution in [0.4, 0.5) is 4.39 Å². The number of hydrogen-bond donors (Lipinski definition) is 1. The quantitative estimate of drug-likeness (QED) is 0.221. The molecular weight excluding hydrogens is 529 g/mol. The van der Waals surface area contributed by atoms with Gasteiger partial charge in [0.15, 0.2) is 11.5 Å². The Hall–Kier alpha value is -4.24. The molecule has 4 rings (SSSR count). The predicted octanol–water partition coefficient (Wildman–Crippen LogP) is 5.18. The lowest BCUT2D eigenvalue weighted by Crippen LogP contribution is -2.31. The fourth-order valence-corrected chi connectivity index (χ4v) is 4.81. The molecule has 1 saturated heterocycles. The minimum atomic E-state index is -0.976. The highest BCUT2D eigenvalue weighted by Gasteiger charge is 2.46. The van der Waals surface area contributed by atoms with Gasteiger partial charge in [-0.05, 0) is 47.9 Å². The largest absolute Gasteiger partial charge is 0.507 e. The lowest BCUT2D eigenvalue weighted by Gasteiger charge is -2.26. The lowest BCUT2D eigenvalue weighted by molar-refractivity contribution is -0.139. The molecule has 0 aromatic heterocycles. The van der Waals surface area contributed by atoms with Crippen LogP contribution in [0.1, 0.15) is 22.7 Å². The Labute approximate surface area is 230 Å². The number of nitrogens with zero attached hydrogens (tertiary/aromatic N) is 1. The fourth-order valence-electron chi connectivity index (χ4n) is 4.57. The second-order valence-electron chi connectivity index (χ2n) is 8.67. The van der Waals surface area contributed by atoms with Gasteiger partial charge in [-0.25, -0.2) is 4.39 Å². The highest BCUT2D eigenvalue weighted by Crippen LogP contribution is 2.44. The van der Waals surface area contributed by atoms with Crippen LogP contribution in [0.5, 0.6) is 23.0 Å². The Morgan fingerprint density at radius 1 is 0.872 bits per heavy atom. The van der Waals surface area contributed by atoms with Crippen LogP contribution >= 0.6 is 11.6 Å². The first-order valence-corrected chi connectivity index (χ1v) is 12.3. The molecule has 1 aliphatic rings. The molecule has 8 nitrogen and oxygen atoms in total. The van der Waals surface area contributed by atoms with E-state index in [1.807, 2.05) is 0 Å². The molecule has 10 heteroatoms. The number of carbonyl (C=O) groups excluding carboxylic acids is 2. The standard InChI is InChI=1S/C29H27ClFNO7/c1-36-21-10-7-17(13-24(21)39-4)26-25(27(33)19-14-20(30)23(38-3)15-22(19)37-2)28(34)29(35)32(26)12-11-16-5-8-18(31)9-6-16/h5-10,13-15,26,33H,11-12H2,1-4H3/b27-25+. The maximum atomic E-state index is 13.4. The minimum absolute atomic E-state index is 0.116. The number of ether oxygens (including phenoxy) is 4. The van der Waals surface area contributed by atoms with Crippen LogP contribution in [-0.4, -0.2) is 56.7 Å². The third-order valence-electron chi connectivity index (χ3n) is 6.55. The second kappa shape index (κ2) is 11.7. The van der Waals surface area contributed by atoms with E-state index in [2.05, 4.69) is 0 Å². The molecule has 0 bridgehead atoms. The van der Waals surface area contributed by atoms with Gasteiger partial charge < -0.3 is 29.0 Å². The van der Waals surface area contributed by atoms with Gasteiger partial charge in [0.05, 0.1) is 50.6 Å². The third-order valence-corrected chi connectivity index (χ3v) is 6.84. The Balaban J connectivity index is 1.88. The summed E-state index contributed by atoms with van der Waals surface area (Å²) < 4.78 is 34.8. The summed E-state index contributed by atoms with van der Waals surface area (Å²) in [6.07, 6.45) is 0.342. The molecule has 0 radical (unpaired) electrons. The third kappa shape index (κ3) is 5.35. The van der Waals surface area contributed by atoms with Gasteiger partial charge in [-0.1, -0.05) is 29.8 Å². The summed E-state index contributed by atoms with van der Waals surface area (Å²) in [6.45, 7) is 0.118.